The summed E-state index contributed by atoms with van der Waals surface area (Å²) in [6, 6.07) is 12.2. The Kier molecular flexibility index (Phi) is 7.86. The minimum Gasteiger partial charge on any atom is -0.463 e. The number of ether oxygens (including phenoxy) is 3. The second-order valence-corrected chi connectivity index (χ2v) is 7.34. The van der Waals surface area contributed by atoms with Crippen LogP contribution in [0.1, 0.15) is 34.5 Å². The lowest BCUT2D eigenvalue weighted by atomic mass is 9.95. The second-order valence-electron chi connectivity index (χ2n) is 6.91. The molecule has 0 radical (unpaired) electrons. The van der Waals surface area contributed by atoms with Gasteiger partial charge in [-0.3, -0.25) is 0 Å². The van der Waals surface area contributed by atoms with Gasteiger partial charge in [-0.15, -0.1) is 0 Å². The van der Waals surface area contributed by atoms with Crippen LogP contribution >= 0.6 is 11.6 Å². The van der Waals surface area contributed by atoms with Crippen LogP contribution in [0.5, 0.6) is 0 Å². The molecule has 2 aromatic rings. The maximum atomic E-state index is 12.7. The van der Waals surface area contributed by atoms with Gasteiger partial charge in [-0.1, -0.05) is 35.9 Å². The van der Waals surface area contributed by atoms with Crippen molar-refractivity contribution >= 4 is 29.6 Å². The molecule has 0 saturated heterocycles. The first-order valence-corrected chi connectivity index (χ1v) is 10.3. The lowest BCUT2D eigenvalue weighted by Crippen LogP contribution is -2.47. The van der Waals surface area contributed by atoms with Crippen molar-refractivity contribution < 1.29 is 28.6 Å². The number of amides is 2. The average molecular weight is 459 g/mol. The van der Waals surface area contributed by atoms with E-state index in [0.29, 0.717) is 22.8 Å². The summed E-state index contributed by atoms with van der Waals surface area (Å²) in [5.74, 6) is -1.23. The molecule has 1 aliphatic rings. The van der Waals surface area contributed by atoms with Crippen LogP contribution < -0.4 is 10.6 Å². The third-order valence-electron chi connectivity index (χ3n) is 4.67. The Morgan fingerprint density at radius 3 is 2.47 bits per heavy atom. The van der Waals surface area contributed by atoms with Gasteiger partial charge >= 0.3 is 18.0 Å². The summed E-state index contributed by atoms with van der Waals surface area (Å²) in [6.07, 6.45) is 0. The quantitative estimate of drug-likeness (QED) is 0.587. The number of urea groups is 1. The molecule has 0 saturated carbocycles. The minimum atomic E-state index is -0.793. The van der Waals surface area contributed by atoms with Crippen LogP contribution in [-0.4, -0.2) is 38.3 Å². The van der Waals surface area contributed by atoms with Crippen LogP contribution in [0.25, 0.3) is 0 Å². The molecule has 0 aliphatic carbocycles. The van der Waals surface area contributed by atoms with Gasteiger partial charge in [0.2, 0.25) is 0 Å². The first-order valence-electron chi connectivity index (χ1n) is 9.91. The van der Waals surface area contributed by atoms with Crippen LogP contribution in [0.2, 0.25) is 5.02 Å². The molecule has 32 heavy (non-hydrogen) atoms. The van der Waals surface area contributed by atoms with Crippen molar-refractivity contribution in [3.63, 3.8) is 0 Å². The fourth-order valence-corrected chi connectivity index (χ4v) is 3.39. The normalized spacial score (nSPS) is 15.6. The molecule has 2 N–H and O–H groups in total. The Morgan fingerprint density at radius 1 is 1.03 bits per heavy atom. The number of nitrogens with one attached hydrogen (secondary N) is 2. The predicted molar refractivity (Wildman–Crippen MR) is 117 cm³/mol. The first kappa shape index (κ1) is 23.3. The van der Waals surface area contributed by atoms with Gasteiger partial charge in [0, 0.05) is 12.1 Å². The molecule has 8 nitrogen and oxygen atoms in total. The van der Waals surface area contributed by atoms with Crippen molar-refractivity contribution in [2.24, 2.45) is 0 Å². The number of esters is 2. The van der Waals surface area contributed by atoms with Crippen molar-refractivity contribution in [1.82, 2.24) is 10.6 Å². The molecule has 0 bridgehead atoms. The lowest BCUT2D eigenvalue weighted by Gasteiger charge is -2.29. The summed E-state index contributed by atoms with van der Waals surface area (Å²) in [5.41, 5.74) is 2.06. The predicted octanol–water partition coefficient (Wildman–Crippen LogP) is 3.51. The van der Waals surface area contributed by atoms with E-state index in [9.17, 15) is 14.4 Å². The van der Waals surface area contributed by atoms with E-state index in [1.807, 2.05) is 6.07 Å². The highest BCUT2D eigenvalue weighted by atomic mass is 35.5. The number of benzene rings is 2. The largest absolute Gasteiger partial charge is 0.463 e. The number of carbonyl (C=O) groups is 3. The molecule has 1 aliphatic heterocycles. The number of halogens is 1. The van der Waals surface area contributed by atoms with Crippen molar-refractivity contribution in [3.05, 3.63) is 81.5 Å². The Balaban J connectivity index is 1.89. The van der Waals surface area contributed by atoms with E-state index in [2.05, 4.69) is 10.6 Å². The molecule has 1 atom stereocenters. The van der Waals surface area contributed by atoms with E-state index < -0.39 is 24.0 Å². The van der Waals surface area contributed by atoms with Crippen LogP contribution in [0.3, 0.4) is 0 Å². The summed E-state index contributed by atoms with van der Waals surface area (Å²) in [6.45, 7) is 1.85. The SMILES string of the molecule is CCOC(=O)C1=C(COC(=O)c2cccc(COC)c2)NC(=O)NC1c1ccc(Cl)cc1. The monoisotopic (exact) mass is 458 g/mol. The molecule has 0 fully saturated rings. The molecule has 2 amide bonds. The number of hydrogen-bond acceptors (Lipinski definition) is 6. The molecule has 0 spiro atoms. The summed E-state index contributed by atoms with van der Waals surface area (Å²) in [4.78, 5) is 37.6. The fourth-order valence-electron chi connectivity index (χ4n) is 3.26. The van der Waals surface area contributed by atoms with Gasteiger partial charge in [0.05, 0.1) is 36.1 Å². The van der Waals surface area contributed by atoms with Gasteiger partial charge in [-0.2, -0.15) is 0 Å². The minimum absolute atomic E-state index is 0.142. The van der Waals surface area contributed by atoms with Gasteiger partial charge in [-0.05, 0) is 42.3 Å². The van der Waals surface area contributed by atoms with Crippen molar-refractivity contribution in [1.29, 1.82) is 0 Å². The standard InChI is InChI=1S/C23H23ClN2O6/c1-3-31-22(28)19-18(13-32-21(27)16-6-4-5-14(11-16)12-30-2)25-23(29)26-20(19)15-7-9-17(24)10-8-15/h4-11,20H,3,12-13H2,1-2H3,(H2,25,26,29). The van der Waals surface area contributed by atoms with Gasteiger partial charge < -0.3 is 24.8 Å². The Hall–Kier alpha value is -3.36. The fraction of sp³-hybridized carbons (Fsp3) is 0.261. The zero-order valence-corrected chi connectivity index (χ0v) is 18.4. The maximum absolute atomic E-state index is 12.7. The third kappa shape index (κ3) is 5.66. The lowest BCUT2D eigenvalue weighted by molar-refractivity contribution is -0.139. The van der Waals surface area contributed by atoms with Crippen molar-refractivity contribution in [2.45, 2.75) is 19.6 Å². The molecule has 1 heterocycles. The number of rotatable bonds is 8. The van der Waals surface area contributed by atoms with Gasteiger partial charge in [-0.25, -0.2) is 14.4 Å². The Morgan fingerprint density at radius 2 is 1.78 bits per heavy atom. The van der Waals surface area contributed by atoms with Crippen LogP contribution in [0, 0.1) is 0 Å². The molecular formula is C23H23ClN2O6. The highest BCUT2D eigenvalue weighted by molar-refractivity contribution is 6.30. The molecule has 3 rings (SSSR count). The molecule has 1 unspecified atom stereocenters. The van der Waals surface area contributed by atoms with Crippen LogP contribution in [0.4, 0.5) is 4.79 Å². The number of methoxy groups -OCH3 is 1. The zero-order valence-electron chi connectivity index (χ0n) is 17.6. The smallest absolute Gasteiger partial charge is 0.338 e. The van der Waals surface area contributed by atoms with Crippen molar-refractivity contribution in [2.75, 3.05) is 20.3 Å². The topological polar surface area (TPSA) is 103 Å². The Bertz CT molecular complexity index is 1040. The average Bonchev–Trinajstić information content (AvgIpc) is 2.78. The van der Waals surface area contributed by atoms with E-state index in [-0.39, 0.29) is 24.5 Å². The highest BCUT2D eigenvalue weighted by Crippen LogP contribution is 2.29. The summed E-state index contributed by atoms with van der Waals surface area (Å²) in [5, 5.41) is 5.78. The number of carbonyl (C=O) groups excluding carboxylic acids is 3. The Labute approximate surface area is 190 Å². The van der Waals surface area contributed by atoms with Gasteiger partial charge in [0.25, 0.3) is 0 Å². The summed E-state index contributed by atoms with van der Waals surface area (Å²) in [7, 11) is 1.56. The third-order valence-corrected chi connectivity index (χ3v) is 4.93. The molecular weight excluding hydrogens is 436 g/mol. The van der Waals surface area contributed by atoms with Crippen LogP contribution in [-0.2, 0) is 25.6 Å². The van der Waals surface area contributed by atoms with Gasteiger partial charge in [0.15, 0.2) is 0 Å². The first-order chi connectivity index (χ1) is 15.4. The second kappa shape index (κ2) is 10.8. The molecule has 0 aromatic heterocycles. The van der Waals surface area contributed by atoms with E-state index in [1.165, 1.54) is 0 Å². The molecule has 9 heteroatoms. The zero-order chi connectivity index (χ0) is 23.1. The van der Waals surface area contributed by atoms with E-state index in [1.54, 1.807) is 56.5 Å². The molecule has 168 valence electrons. The van der Waals surface area contributed by atoms with E-state index >= 15 is 0 Å². The number of hydrogen-bond donors (Lipinski definition) is 2. The van der Waals surface area contributed by atoms with Crippen LogP contribution in [0.15, 0.2) is 59.8 Å². The summed E-state index contributed by atoms with van der Waals surface area (Å²) >= 11 is 5.96. The van der Waals surface area contributed by atoms with Crippen molar-refractivity contribution in [3.8, 4) is 0 Å². The summed E-state index contributed by atoms with van der Waals surface area (Å²) < 4.78 is 15.7. The van der Waals surface area contributed by atoms with Gasteiger partial charge in [0.1, 0.15) is 6.61 Å². The van der Waals surface area contributed by atoms with E-state index in [4.69, 9.17) is 25.8 Å². The highest BCUT2D eigenvalue weighted by Gasteiger charge is 2.34. The molecule has 2 aromatic carbocycles. The van der Waals surface area contributed by atoms with E-state index in [0.717, 1.165) is 5.56 Å². The maximum Gasteiger partial charge on any atom is 0.338 e.